The van der Waals surface area contributed by atoms with Gasteiger partial charge in [-0.05, 0) is 37.4 Å². The predicted octanol–water partition coefficient (Wildman–Crippen LogP) is 5.00. The molecule has 0 spiro atoms. The molecular weight excluding hydrogens is 258 g/mol. The lowest BCUT2D eigenvalue weighted by Crippen LogP contribution is -1.87. The fourth-order valence-electron chi connectivity index (χ4n) is 0.943. The van der Waals surface area contributed by atoms with Gasteiger partial charge in [0.25, 0.3) is 0 Å². The van der Waals surface area contributed by atoms with E-state index in [1.165, 1.54) is 0 Å². The van der Waals surface area contributed by atoms with E-state index in [-0.39, 0.29) is 0 Å². The van der Waals surface area contributed by atoms with Gasteiger partial charge < -0.3 is 0 Å². The van der Waals surface area contributed by atoms with E-state index in [1.54, 1.807) is 23.5 Å². The molecule has 0 atom stereocenters. The highest BCUT2D eigenvalue weighted by molar-refractivity contribution is 8.38. The topological polar surface area (TPSA) is 12.4 Å². The number of thioether (sulfide) groups is 2. The smallest absolute Gasteiger partial charge is 0.130 e. The van der Waals surface area contributed by atoms with Gasteiger partial charge in [0, 0.05) is 10.8 Å². The van der Waals surface area contributed by atoms with Crippen molar-refractivity contribution < 1.29 is 0 Å². The fraction of sp³-hybridized carbons (Fsp3) is 0.250. The fourth-order valence-corrected chi connectivity index (χ4v) is 2.45. The number of halogens is 1. The van der Waals surface area contributed by atoms with Crippen LogP contribution in [0.1, 0.15) is 6.92 Å². The Hall–Kier alpha value is -0.380. The molecule has 0 fully saturated rings. The van der Waals surface area contributed by atoms with E-state index in [0.717, 1.165) is 26.4 Å². The van der Waals surface area contributed by atoms with Crippen LogP contribution in [0.25, 0.3) is 0 Å². The zero-order chi connectivity index (χ0) is 12.0. The average Bonchev–Trinajstić information content (AvgIpc) is 2.26. The van der Waals surface area contributed by atoms with E-state index >= 15 is 0 Å². The Bertz CT molecular complexity index is 385. The summed E-state index contributed by atoms with van der Waals surface area (Å²) in [5, 5.41) is 0.735. The van der Waals surface area contributed by atoms with Crippen molar-refractivity contribution in [3.63, 3.8) is 0 Å². The van der Waals surface area contributed by atoms with Crippen molar-refractivity contribution in [1.29, 1.82) is 0 Å². The molecule has 1 aromatic rings. The summed E-state index contributed by atoms with van der Waals surface area (Å²) in [5.41, 5.74) is 2.09. The largest absolute Gasteiger partial charge is 0.235 e. The molecule has 0 aliphatic carbocycles. The van der Waals surface area contributed by atoms with E-state index in [9.17, 15) is 0 Å². The highest BCUT2D eigenvalue weighted by atomic mass is 35.5. The lowest BCUT2D eigenvalue weighted by Gasteiger charge is -2.02. The Kier molecular flexibility index (Phi) is 6.03. The van der Waals surface area contributed by atoms with Gasteiger partial charge in [-0.25, -0.2) is 4.99 Å². The van der Waals surface area contributed by atoms with Crippen LogP contribution in [0.2, 0.25) is 5.02 Å². The van der Waals surface area contributed by atoms with E-state index in [1.807, 2.05) is 37.4 Å². The highest BCUT2D eigenvalue weighted by Crippen LogP contribution is 2.23. The molecule has 0 bridgehead atoms. The number of hydrogen-bond acceptors (Lipinski definition) is 3. The summed E-state index contributed by atoms with van der Waals surface area (Å²) in [5.74, 6) is 0.910. The third-order valence-corrected chi connectivity index (χ3v) is 4.19. The van der Waals surface area contributed by atoms with Crippen LogP contribution < -0.4 is 0 Å². The first kappa shape index (κ1) is 13.7. The molecule has 0 aromatic heterocycles. The molecule has 0 unspecified atom stereocenters. The van der Waals surface area contributed by atoms with Crippen LogP contribution in [-0.4, -0.2) is 16.4 Å². The Morgan fingerprint density at radius 3 is 2.50 bits per heavy atom. The zero-order valence-corrected chi connectivity index (χ0v) is 11.8. The molecule has 0 saturated carbocycles. The number of hydrogen-bond donors (Lipinski definition) is 0. The SMILES string of the molecule is C=C(C)CSC(=Nc1ccc(Cl)cc1)SC. The molecule has 1 rings (SSSR count). The molecule has 0 saturated heterocycles. The molecule has 16 heavy (non-hydrogen) atoms. The third kappa shape index (κ3) is 5.10. The Balaban J connectivity index is 2.71. The monoisotopic (exact) mass is 271 g/mol. The first-order chi connectivity index (χ1) is 7.61. The van der Waals surface area contributed by atoms with Crippen molar-refractivity contribution in [3.8, 4) is 0 Å². The molecular formula is C12H14ClNS2. The van der Waals surface area contributed by atoms with Gasteiger partial charge in [0.2, 0.25) is 0 Å². The zero-order valence-electron chi connectivity index (χ0n) is 9.37. The van der Waals surface area contributed by atoms with Gasteiger partial charge >= 0.3 is 0 Å². The van der Waals surface area contributed by atoms with Gasteiger partial charge in [0.1, 0.15) is 4.38 Å². The molecule has 0 heterocycles. The van der Waals surface area contributed by atoms with E-state index in [4.69, 9.17) is 11.6 Å². The summed E-state index contributed by atoms with van der Waals surface area (Å²) in [6, 6.07) is 7.53. The molecule has 86 valence electrons. The highest BCUT2D eigenvalue weighted by Gasteiger charge is 1.99. The minimum atomic E-state index is 0.735. The summed E-state index contributed by atoms with van der Waals surface area (Å²) in [7, 11) is 0. The summed E-state index contributed by atoms with van der Waals surface area (Å²) in [4.78, 5) is 4.53. The predicted molar refractivity (Wildman–Crippen MR) is 79.3 cm³/mol. The second-order valence-corrected chi connectivity index (χ2v) is 5.76. The van der Waals surface area contributed by atoms with Crippen LogP contribution in [0, 0.1) is 0 Å². The molecule has 4 heteroatoms. The lowest BCUT2D eigenvalue weighted by molar-refractivity contribution is 1.44. The maximum Gasteiger partial charge on any atom is 0.130 e. The summed E-state index contributed by atoms with van der Waals surface area (Å²) in [6.45, 7) is 5.90. The van der Waals surface area contributed by atoms with E-state index in [2.05, 4.69) is 11.6 Å². The van der Waals surface area contributed by atoms with Crippen molar-refractivity contribution >= 4 is 45.2 Å². The molecule has 1 nitrogen and oxygen atoms in total. The summed E-state index contributed by atoms with van der Waals surface area (Å²) in [6.07, 6.45) is 2.03. The Morgan fingerprint density at radius 1 is 1.38 bits per heavy atom. The minimum absolute atomic E-state index is 0.735. The standard InChI is InChI=1S/C12H14ClNS2/c1-9(2)8-16-12(15-3)14-11-6-4-10(13)5-7-11/h4-7H,1,8H2,2-3H3. The Morgan fingerprint density at radius 2 is 2.00 bits per heavy atom. The summed E-state index contributed by atoms with van der Waals surface area (Å²) < 4.78 is 1.05. The molecule has 1 aromatic carbocycles. The molecule has 0 radical (unpaired) electrons. The second-order valence-electron chi connectivity index (χ2n) is 3.30. The number of benzene rings is 1. The van der Waals surface area contributed by atoms with Crippen LogP contribution in [-0.2, 0) is 0 Å². The number of aliphatic imine (C=N–C) groups is 1. The van der Waals surface area contributed by atoms with Crippen molar-refractivity contribution in [3.05, 3.63) is 41.4 Å². The van der Waals surface area contributed by atoms with Crippen molar-refractivity contribution in [2.75, 3.05) is 12.0 Å². The van der Waals surface area contributed by atoms with Gasteiger partial charge in [-0.1, -0.05) is 35.5 Å². The normalized spacial score (nSPS) is 11.6. The first-order valence-corrected chi connectivity index (χ1v) is 7.36. The van der Waals surface area contributed by atoms with Gasteiger partial charge in [-0.15, -0.1) is 11.8 Å². The molecule has 0 aliphatic rings. The van der Waals surface area contributed by atoms with Crippen molar-refractivity contribution in [1.82, 2.24) is 0 Å². The quantitative estimate of drug-likeness (QED) is 0.436. The minimum Gasteiger partial charge on any atom is -0.235 e. The third-order valence-electron chi connectivity index (χ3n) is 1.66. The maximum absolute atomic E-state index is 5.81. The van der Waals surface area contributed by atoms with Crippen LogP contribution in [0.15, 0.2) is 41.4 Å². The van der Waals surface area contributed by atoms with Gasteiger partial charge in [0.05, 0.1) is 5.69 Å². The van der Waals surface area contributed by atoms with Gasteiger partial charge in [-0.3, -0.25) is 0 Å². The Labute approximate surface area is 110 Å². The first-order valence-electron chi connectivity index (χ1n) is 4.77. The molecule has 0 aliphatic heterocycles. The van der Waals surface area contributed by atoms with E-state index < -0.39 is 0 Å². The van der Waals surface area contributed by atoms with Gasteiger partial charge in [-0.2, -0.15) is 0 Å². The van der Waals surface area contributed by atoms with E-state index in [0.29, 0.717) is 0 Å². The molecule has 0 N–H and O–H groups in total. The van der Waals surface area contributed by atoms with Crippen molar-refractivity contribution in [2.24, 2.45) is 4.99 Å². The maximum atomic E-state index is 5.81. The average molecular weight is 272 g/mol. The number of nitrogens with zero attached hydrogens (tertiary/aromatic N) is 1. The van der Waals surface area contributed by atoms with Gasteiger partial charge in [0.15, 0.2) is 0 Å². The summed E-state index contributed by atoms with van der Waals surface area (Å²) >= 11 is 9.17. The molecule has 0 amide bonds. The van der Waals surface area contributed by atoms with Crippen LogP contribution in [0.5, 0.6) is 0 Å². The number of rotatable bonds is 3. The van der Waals surface area contributed by atoms with Crippen LogP contribution in [0.4, 0.5) is 5.69 Å². The lowest BCUT2D eigenvalue weighted by atomic mass is 10.3. The second kappa shape index (κ2) is 7.05. The van der Waals surface area contributed by atoms with Crippen molar-refractivity contribution in [2.45, 2.75) is 6.92 Å². The van der Waals surface area contributed by atoms with Crippen LogP contribution in [0.3, 0.4) is 0 Å². The van der Waals surface area contributed by atoms with Crippen LogP contribution >= 0.6 is 35.1 Å².